The third-order valence-corrected chi connectivity index (χ3v) is 0.743. The average molecular weight is 122 g/mol. The SMILES string of the molecule is [NH]C(=O)C(CF)CF. The Morgan fingerprint density at radius 3 is 1.88 bits per heavy atom. The minimum atomic E-state index is -1.35. The van der Waals surface area contributed by atoms with Crippen molar-refractivity contribution >= 4 is 5.91 Å². The van der Waals surface area contributed by atoms with Gasteiger partial charge >= 0.3 is 0 Å². The molecule has 0 aromatic rings. The summed E-state index contributed by atoms with van der Waals surface area (Å²) in [5.74, 6) is -2.52. The molecule has 0 unspecified atom stereocenters. The molecule has 8 heavy (non-hydrogen) atoms. The predicted molar refractivity (Wildman–Crippen MR) is 23.5 cm³/mol. The van der Waals surface area contributed by atoms with Crippen molar-refractivity contribution in [2.45, 2.75) is 0 Å². The van der Waals surface area contributed by atoms with Crippen molar-refractivity contribution in [2.24, 2.45) is 5.92 Å². The molecule has 0 atom stereocenters. The third kappa shape index (κ3) is 1.86. The molecule has 0 aliphatic rings. The minimum absolute atomic E-state index is 1.07. The zero-order valence-corrected chi connectivity index (χ0v) is 4.16. The fourth-order valence-electron chi connectivity index (χ4n) is 0.181. The maximum atomic E-state index is 11.3. The summed E-state index contributed by atoms with van der Waals surface area (Å²) in [5, 5.41) is 0. The van der Waals surface area contributed by atoms with E-state index in [0.717, 1.165) is 0 Å². The molecule has 0 heterocycles. The van der Waals surface area contributed by atoms with E-state index in [2.05, 4.69) is 0 Å². The lowest BCUT2D eigenvalue weighted by atomic mass is 10.2. The van der Waals surface area contributed by atoms with Crippen LogP contribution < -0.4 is 5.73 Å². The summed E-state index contributed by atoms with van der Waals surface area (Å²) in [6, 6.07) is 0. The van der Waals surface area contributed by atoms with E-state index < -0.39 is 25.2 Å². The average Bonchev–Trinajstić information content (AvgIpc) is 1.69. The number of carbonyl (C=O) groups excluding carboxylic acids is 1. The molecule has 2 nitrogen and oxygen atoms in total. The highest BCUT2D eigenvalue weighted by molar-refractivity contribution is 5.76. The van der Waals surface area contributed by atoms with Crippen molar-refractivity contribution in [3.8, 4) is 0 Å². The standard InChI is InChI=1S/C4H6F2NO/c5-1-3(2-6)4(7)8/h3,7H,1-2H2. The van der Waals surface area contributed by atoms with Gasteiger partial charge in [-0.1, -0.05) is 0 Å². The fraction of sp³-hybridized carbons (Fsp3) is 0.750. The second-order valence-electron chi connectivity index (χ2n) is 1.37. The van der Waals surface area contributed by atoms with Crippen LogP contribution in [-0.4, -0.2) is 19.3 Å². The molecule has 0 aliphatic heterocycles. The van der Waals surface area contributed by atoms with Crippen molar-refractivity contribution in [1.82, 2.24) is 5.73 Å². The molecule has 1 amide bonds. The number of nitrogens with one attached hydrogen (secondary N) is 1. The number of rotatable bonds is 3. The molecule has 0 aromatic heterocycles. The van der Waals surface area contributed by atoms with Crippen LogP contribution in [0.3, 0.4) is 0 Å². The van der Waals surface area contributed by atoms with E-state index in [0.29, 0.717) is 0 Å². The number of alkyl halides is 2. The number of hydrogen-bond acceptors (Lipinski definition) is 1. The molecular weight excluding hydrogens is 116 g/mol. The van der Waals surface area contributed by atoms with Crippen LogP contribution in [0, 0.1) is 5.92 Å². The van der Waals surface area contributed by atoms with Crippen LogP contribution >= 0.6 is 0 Å². The van der Waals surface area contributed by atoms with Crippen LogP contribution in [0.4, 0.5) is 8.78 Å². The van der Waals surface area contributed by atoms with E-state index in [1.165, 1.54) is 0 Å². The highest BCUT2D eigenvalue weighted by atomic mass is 19.1. The van der Waals surface area contributed by atoms with Crippen LogP contribution in [0.2, 0.25) is 0 Å². The maximum absolute atomic E-state index is 11.3. The maximum Gasteiger partial charge on any atom is 0.246 e. The van der Waals surface area contributed by atoms with Gasteiger partial charge in [0.05, 0.1) is 5.92 Å². The van der Waals surface area contributed by atoms with E-state index in [1.54, 1.807) is 0 Å². The first kappa shape index (κ1) is 7.33. The van der Waals surface area contributed by atoms with E-state index in [9.17, 15) is 13.6 Å². The van der Waals surface area contributed by atoms with Crippen LogP contribution in [0.5, 0.6) is 0 Å². The van der Waals surface area contributed by atoms with Crippen molar-refractivity contribution in [3.63, 3.8) is 0 Å². The van der Waals surface area contributed by atoms with Crippen LogP contribution in [0.25, 0.3) is 0 Å². The Hall–Kier alpha value is -0.670. The predicted octanol–water partition coefficient (Wildman–Crippen LogP) is 0.351. The van der Waals surface area contributed by atoms with Gasteiger partial charge in [0.15, 0.2) is 0 Å². The largest absolute Gasteiger partial charge is 0.273 e. The Bertz CT molecular complexity index is 82.1. The van der Waals surface area contributed by atoms with Gasteiger partial charge in [0, 0.05) is 0 Å². The molecule has 4 heteroatoms. The summed E-state index contributed by atoms with van der Waals surface area (Å²) in [7, 11) is 0. The molecule has 1 N–H and O–H groups in total. The molecular formula is C4H6F2NO. The Labute approximate surface area is 45.7 Å². The van der Waals surface area contributed by atoms with Gasteiger partial charge < -0.3 is 0 Å². The van der Waals surface area contributed by atoms with Gasteiger partial charge in [-0.3, -0.25) is 19.3 Å². The molecule has 0 saturated carbocycles. The second-order valence-corrected chi connectivity index (χ2v) is 1.37. The molecule has 0 fully saturated rings. The Balaban J connectivity index is 3.52. The third-order valence-electron chi connectivity index (χ3n) is 0.743. The zero-order valence-electron chi connectivity index (χ0n) is 4.16. The van der Waals surface area contributed by atoms with Gasteiger partial charge in [-0.05, 0) is 0 Å². The molecule has 0 aliphatic carbocycles. The minimum Gasteiger partial charge on any atom is -0.273 e. The lowest BCUT2D eigenvalue weighted by Gasteiger charge is -1.98. The topological polar surface area (TPSA) is 40.9 Å². The van der Waals surface area contributed by atoms with Gasteiger partial charge in [0.2, 0.25) is 5.91 Å². The van der Waals surface area contributed by atoms with Gasteiger partial charge in [-0.25, -0.2) is 0 Å². The Morgan fingerprint density at radius 2 is 1.88 bits per heavy atom. The quantitative estimate of drug-likeness (QED) is 0.532. The normalized spacial score (nSPS) is 9.88. The molecule has 0 rings (SSSR count). The first-order chi connectivity index (χ1) is 3.72. The summed E-state index contributed by atoms with van der Waals surface area (Å²) < 4.78 is 22.7. The molecule has 47 valence electrons. The van der Waals surface area contributed by atoms with E-state index in [1.807, 2.05) is 0 Å². The fourth-order valence-corrected chi connectivity index (χ4v) is 0.181. The van der Waals surface area contributed by atoms with Crippen molar-refractivity contribution in [2.75, 3.05) is 13.3 Å². The highest BCUT2D eigenvalue weighted by Crippen LogP contribution is 1.96. The zero-order chi connectivity index (χ0) is 6.57. The smallest absolute Gasteiger partial charge is 0.246 e. The van der Waals surface area contributed by atoms with Gasteiger partial charge in [0.1, 0.15) is 13.3 Å². The van der Waals surface area contributed by atoms with Crippen molar-refractivity contribution in [1.29, 1.82) is 0 Å². The summed E-state index contributed by atoms with van der Waals surface area (Å²) in [5.41, 5.74) is 6.22. The summed E-state index contributed by atoms with van der Waals surface area (Å²) in [4.78, 5) is 9.79. The number of halogens is 2. The van der Waals surface area contributed by atoms with E-state index >= 15 is 0 Å². The van der Waals surface area contributed by atoms with Crippen LogP contribution in [-0.2, 0) is 4.79 Å². The van der Waals surface area contributed by atoms with E-state index in [4.69, 9.17) is 5.73 Å². The van der Waals surface area contributed by atoms with Gasteiger partial charge in [-0.15, -0.1) is 0 Å². The Kier molecular flexibility index (Phi) is 3.07. The second kappa shape index (κ2) is 3.35. The van der Waals surface area contributed by atoms with Crippen LogP contribution in [0.1, 0.15) is 0 Å². The monoisotopic (exact) mass is 122 g/mol. The number of hydrogen-bond donors (Lipinski definition) is 0. The molecule has 0 saturated heterocycles. The lowest BCUT2D eigenvalue weighted by Crippen LogP contribution is -2.18. The van der Waals surface area contributed by atoms with Crippen LogP contribution in [0.15, 0.2) is 0 Å². The first-order valence-electron chi connectivity index (χ1n) is 2.09. The first-order valence-corrected chi connectivity index (χ1v) is 2.09. The molecule has 1 radical (unpaired) electrons. The Morgan fingerprint density at radius 1 is 1.50 bits per heavy atom. The van der Waals surface area contributed by atoms with Crippen molar-refractivity contribution < 1.29 is 13.6 Å². The highest BCUT2D eigenvalue weighted by Gasteiger charge is 2.14. The summed E-state index contributed by atoms with van der Waals surface area (Å²) >= 11 is 0. The van der Waals surface area contributed by atoms with Crippen molar-refractivity contribution in [3.05, 3.63) is 0 Å². The number of carbonyl (C=O) groups is 1. The molecule has 0 bridgehead atoms. The molecule has 0 spiro atoms. The molecule has 0 aromatic carbocycles. The van der Waals surface area contributed by atoms with Gasteiger partial charge in [-0.2, -0.15) is 0 Å². The summed E-state index contributed by atoms with van der Waals surface area (Å²) in [6.07, 6.45) is 0. The van der Waals surface area contributed by atoms with Gasteiger partial charge in [0.25, 0.3) is 0 Å². The van der Waals surface area contributed by atoms with E-state index in [-0.39, 0.29) is 0 Å². The lowest BCUT2D eigenvalue weighted by molar-refractivity contribution is -0.123. The summed E-state index contributed by atoms with van der Waals surface area (Å²) in [6.45, 7) is -2.14. The number of amides is 1.